The van der Waals surface area contributed by atoms with Gasteiger partial charge in [0.15, 0.2) is 0 Å². The van der Waals surface area contributed by atoms with Crippen molar-refractivity contribution in [3.8, 4) is 0 Å². The van der Waals surface area contributed by atoms with Gasteiger partial charge < -0.3 is 0 Å². The molecule has 0 aromatic heterocycles. The lowest BCUT2D eigenvalue weighted by Gasteiger charge is -2.24. The zero-order valence-corrected chi connectivity index (χ0v) is 13.2. The second kappa shape index (κ2) is 7.75. The quantitative estimate of drug-likeness (QED) is 0.617. The van der Waals surface area contributed by atoms with Crippen LogP contribution in [0.2, 0.25) is 10.0 Å². The highest BCUT2D eigenvalue weighted by molar-refractivity contribution is 7.99. The highest BCUT2D eigenvalue weighted by Gasteiger charge is 2.19. The van der Waals surface area contributed by atoms with Crippen LogP contribution in [0.3, 0.4) is 0 Å². The third kappa shape index (κ3) is 4.27. The smallest absolute Gasteiger partial charge is 0.0640 e. The number of halogens is 2. The molecule has 106 valence electrons. The molecule has 0 aliphatic heterocycles. The van der Waals surface area contributed by atoms with Crippen LogP contribution < -0.4 is 11.3 Å². The first-order valence-corrected chi connectivity index (χ1v) is 8.54. The van der Waals surface area contributed by atoms with Gasteiger partial charge in [-0.3, -0.25) is 11.3 Å². The molecule has 1 unspecified atom stereocenters. The van der Waals surface area contributed by atoms with Gasteiger partial charge in [-0.2, -0.15) is 11.8 Å². The van der Waals surface area contributed by atoms with Crippen molar-refractivity contribution in [2.45, 2.75) is 43.4 Å². The van der Waals surface area contributed by atoms with Gasteiger partial charge in [-0.25, -0.2) is 0 Å². The summed E-state index contributed by atoms with van der Waals surface area (Å²) in [5, 5.41) is 1.96. The molecular formula is C14H20Cl2N2S. The molecule has 0 saturated heterocycles. The molecule has 1 fully saturated rings. The van der Waals surface area contributed by atoms with Crippen molar-refractivity contribution in [2.75, 3.05) is 5.75 Å². The van der Waals surface area contributed by atoms with Crippen LogP contribution in [0.15, 0.2) is 18.2 Å². The summed E-state index contributed by atoms with van der Waals surface area (Å²) in [5.41, 5.74) is 3.85. The van der Waals surface area contributed by atoms with Gasteiger partial charge in [-0.15, -0.1) is 0 Å². The largest absolute Gasteiger partial charge is 0.271 e. The number of nitrogens with two attached hydrogens (primary N) is 1. The number of hydrazine groups is 1. The standard InChI is InChI=1S/C14H20Cl2N2S/c15-12-8-4-7-11(14(12)16)13(18-17)9-19-10-5-2-1-3-6-10/h4,7-8,10,13,18H,1-3,5-6,9,17H2. The molecule has 0 amide bonds. The molecule has 19 heavy (non-hydrogen) atoms. The average molecular weight is 319 g/mol. The van der Waals surface area contributed by atoms with E-state index in [9.17, 15) is 0 Å². The maximum absolute atomic E-state index is 6.25. The summed E-state index contributed by atoms with van der Waals surface area (Å²) in [4.78, 5) is 0. The number of benzene rings is 1. The van der Waals surface area contributed by atoms with E-state index in [-0.39, 0.29) is 6.04 Å². The predicted molar refractivity (Wildman–Crippen MR) is 85.9 cm³/mol. The Morgan fingerprint density at radius 3 is 2.68 bits per heavy atom. The van der Waals surface area contributed by atoms with E-state index in [4.69, 9.17) is 29.0 Å². The molecule has 5 heteroatoms. The van der Waals surface area contributed by atoms with Gasteiger partial charge in [0, 0.05) is 11.0 Å². The van der Waals surface area contributed by atoms with E-state index in [1.54, 1.807) is 6.07 Å². The van der Waals surface area contributed by atoms with E-state index >= 15 is 0 Å². The summed E-state index contributed by atoms with van der Waals surface area (Å²) in [7, 11) is 0. The lowest BCUT2D eigenvalue weighted by atomic mass is 10.0. The maximum Gasteiger partial charge on any atom is 0.0640 e. The monoisotopic (exact) mass is 318 g/mol. The third-order valence-electron chi connectivity index (χ3n) is 3.61. The Hall–Kier alpha value is 0.0700. The van der Waals surface area contributed by atoms with Crippen molar-refractivity contribution >= 4 is 35.0 Å². The van der Waals surface area contributed by atoms with E-state index < -0.39 is 0 Å². The normalized spacial score (nSPS) is 18.5. The topological polar surface area (TPSA) is 38.0 Å². The molecule has 1 aliphatic rings. The van der Waals surface area contributed by atoms with Crippen molar-refractivity contribution in [1.82, 2.24) is 5.43 Å². The van der Waals surface area contributed by atoms with Crippen molar-refractivity contribution in [3.63, 3.8) is 0 Å². The molecule has 0 spiro atoms. The van der Waals surface area contributed by atoms with Crippen LogP contribution in [0.5, 0.6) is 0 Å². The number of thioether (sulfide) groups is 1. The Bertz CT molecular complexity index is 408. The number of hydrogen-bond acceptors (Lipinski definition) is 3. The molecule has 1 atom stereocenters. The minimum Gasteiger partial charge on any atom is -0.271 e. The van der Waals surface area contributed by atoms with Crippen LogP contribution in [0, 0.1) is 0 Å². The minimum atomic E-state index is 0.0538. The average Bonchev–Trinajstić information content (AvgIpc) is 2.45. The van der Waals surface area contributed by atoms with Gasteiger partial charge >= 0.3 is 0 Å². The molecule has 1 aromatic carbocycles. The minimum absolute atomic E-state index is 0.0538. The van der Waals surface area contributed by atoms with Gasteiger partial charge in [0.05, 0.1) is 16.1 Å². The third-order valence-corrected chi connectivity index (χ3v) is 5.91. The zero-order chi connectivity index (χ0) is 13.7. The molecular weight excluding hydrogens is 299 g/mol. The number of nitrogens with one attached hydrogen (secondary N) is 1. The first-order valence-electron chi connectivity index (χ1n) is 6.74. The molecule has 1 aliphatic carbocycles. The summed E-state index contributed by atoms with van der Waals surface area (Å²) >= 11 is 14.3. The summed E-state index contributed by atoms with van der Waals surface area (Å²) in [6.45, 7) is 0. The maximum atomic E-state index is 6.25. The molecule has 1 saturated carbocycles. The lowest BCUT2D eigenvalue weighted by Crippen LogP contribution is -2.30. The summed E-state index contributed by atoms with van der Waals surface area (Å²) < 4.78 is 0. The second-order valence-corrected chi connectivity index (χ2v) is 7.07. The van der Waals surface area contributed by atoms with Crippen LogP contribution >= 0.6 is 35.0 Å². The first-order chi connectivity index (χ1) is 9.22. The van der Waals surface area contributed by atoms with E-state index in [0.717, 1.165) is 16.6 Å². The molecule has 0 radical (unpaired) electrons. The Morgan fingerprint density at radius 2 is 2.00 bits per heavy atom. The van der Waals surface area contributed by atoms with Crippen LogP contribution in [0.4, 0.5) is 0 Å². The van der Waals surface area contributed by atoms with E-state index in [1.165, 1.54) is 32.1 Å². The van der Waals surface area contributed by atoms with Gasteiger partial charge in [0.25, 0.3) is 0 Å². The van der Waals surface area contributed by atoms with Crippen LogP contribution in [0.25, 0.3) is 0 Å². The molecule has 0 heterocycles. The van der Waals surface area contributed by atoms with Crippen molar-refractivity contribution in [3.05, 3.63) is 33.8 Å². The van der Waals surface area contributed by atoms with Crippen LogP contribution in [-0.4, -0.2) is 11.0 Å². The zero-order valence-electron chi connectivity index (χ0n) is 10.9. The van der Waals surface area contributed by atoms with E-state index in [1.807, 2.05) is 23.9 Å². The Kier molecular flexibility index (Phi) is 6.30. The lowest BCUT2D eigenvalue weighted by molar-refractivity contribution is 0.514. The van der Waals surface area contributed by atoms with Crippen molar-refractivity contribution in [1.29, 1.82) is 0 Å². The SMILES string of the molecule is NNC(CSC1CCCCC1)c1cccc(Cl)c1Cl. The van der Waals surface area contributed by atoms with Crippen molar-refractivity contribution in [2.24, 2.45) is 5.84 Å². The summed E-state index contributed by atoms with van der Waals surface area (Å²) in [6, 6.07) is 5.76. The van der Waals surface area contributed by atoms with Crippen molar-refractivity contribution < 1.29 is 0 Å². The van der Waals surface area contributed by atoms with Gasteiger partial charge in [-0.05, 0) is 24.5 Å². The fraction of sp³-hybridized carbons (Fsp3) is 0.571. The molecule has 3 N–H and O–H groups in total. The van der Waals surface area contributed by atoms with Gasteiger partial charge in [-0.1, -0.05) is 54.6 Å². The molecule has 2 nitrogen and oxygen atoms in total. The predicted octanol–water partition coefficient (Wildman–Crippen LogP) is 4.56. The van der Waals surface area contributed by atoms with Gasteiger partial charge in [0.1, 0.15) is 0 Å². The number of rotatable bonds is 5. The molecule has 2 rings (SSSR count). The second-order valence-electron chi connectivity index (χ2n) is 4.96. The Balaban J connectivity index is 1.97. The summed E-state index contributed by atoms with van der Waals surface area (Å²) in [5.74, 6) is 6.61. The first kappa shape index (κ1) is 15.5. The molecule has 0 bridgehead atoms. The fourth-order valence-electron chi connectivity index (χ4n) is 2.48. The Morgan fingerprint density at radius 1 is 1.26 bits per heavy atom. The summed E-state index contributed by atoms with van der Waals surface area (Å²) in [6.07, 6.45) is 6.75. The van der Waals surface area contributed by atoms with Crippen LogP contribution in [-0.2, 0) is 0 Å². The number of hydrogen-bond donors (Lipinski definition) is 2. The van der Waals surface area contributed by atoms with E-state index in [2.05, 4.69) is 5.43 Å². The Labute approximate surface area is 129 Å². The van der Waals surface area contributed by atoms with Crippen LogP contribution in [0.1, 0.15) is 43.7 Å². The fourth-order valence-corrected chi connectivity index (χ4v) is 4.33. The van der Waals surface area contributed by atoms with Gasteiger partial charge in [0.2, 0.25) is 0 Å². The molecule has 1 aromatic rings. The highest BCUT2D eigenvalue weighted by Crippen LogP contribution is 2.34. The van der Waals surface area contributed by atoms with E-state index in [0.29, 0.717) is 10.0 Å². The highest BCUT2D eigenvalue weighted by atomic mass is 35.5.